The molecular weight excluding hydrogens is 370 g/mol. The highest BCUT2D eigenvalue weighted by Gasteiger charge is 2.11. The van der Waals surface area contributed by atoms with Crippen LogP contribution in [0.5, 0.6) is 0 Å². The summed E-state index contributed by atoms with van der Waals surface area (Å²) in [5, 5.41) is 11.7. The van der Waals surface area contributed by atoms with Gasteiger partial charge in [-0.05, 0) is 22.4 Å². The lowest BCUT2D eigenvalue weighted by molar-refractivity contribution is -0.136. The molecule has 4 nitrogen and oxygen atoms in total. The summed E-state index contributed by atoms with van der Waals surface area (Å²) in [6, 6.07) is 21.2. The number of aliphatic carboxylic acids is 1. The molecule has 0 spiro atoms. The lowest BCUT2D eigenvalue weighted by atomic mass is 9.99. The molecule has 138 valence electrons. The van der Waals surface area contributed by atoms with Crippen LogP contribution in [0.25, 0.3) is 21.2 Å². The molecule has 1 aromatic heterocycles. The fraction of sp³-hybridized carbons (Fsp3) is 0.0870. The van der Waals surface area contributed by atoms with E-state index in [0.717, 1.165) is 26.2 Å². The second kappa shape index (κ2) is 7.74. The number of aryl methyl sites for hydroxylation is 1. The SMILES string of the molecule is O=C(O)CCc1ncc(-c2ccc(C(=O)c3ccc4ccccc4c3)cc2)s1. The van der Waals surface area contributed by atoms with Crippen molar-refractivity contribution < 1.29 is 14.7 Å². The smallest absolute Gasteiger partial charge is 0.303 e. The van der Waals surface area contributed by atoms with Gasteiger partial charge in [0.25, 0.3) is 0 Å². The third kappa shape index (κ3) is 3.85. The number of carbonyl (C=O) groups is 2. The molecule has 1 N–H and O–H groups in total. The van der Waals surface area contributed by atoms with Crippen molar-refractivity contribution in [2.45, 2.75) is 12.8 Å². The number of carbonyl (C=O) groups excluding carboxylic acids is 1. The summed E-state index contributed by atoms with van der Waals surface area (Å²) < 4.78 is 0. The molecule has 28 heavy (non-hydrogen) atoms. The van der Waals surface area contributed by atoms with Gasteiger partial charge in [-0.25, -0.2) is 4.98 Å². The molecule has 0 bridgehead atoms. The van der Waals surface area contributed by atoms with Gasteiger partial charge in [-0.1, -0.05) is 60.7 Å². The average Bonchev–Trinajstić information content (AvgIpc) is 3.20. The molecule has 4 rings (SSSR count). The summed E-state index contributed by atoms with van der Waals surface area (Å²) in [5.41, 5.74) is 2.27. The summed E-state index contributed by atoms with van der Waals surface area (Å²) >= 11 is 1.48. The van der Waals surface area contributed by atoms with Crippen molar-refractivity contribution in [3.05, 3.63) is 89.1 Å². The molecule has 0 saturated heterocycles. The molecule has 0 aliphatic rings. The van der Waals surface area contributed by atoms with Crippen LogP contribution in [0.4, 0.5) is 0 Å². The zero-order valence-electron chi connectivity index (χ0n) is 15.0. The fourth-order valence-corrected chi connectivity index (χ4v) is 3.98. The summed E-state index contributed by atoms with van der Waals surface area (Å²) in [4.78, 5) is 28.8. The zero-order chi connectivity index (χ0) is 19.5. The molecule has 0 fully saturated rings. The van der Waals surface area contributed by atoms with Gasteiger partial charge < -0.3 is 5.11 Å². The largest absolute Gasteiger partial charge is 0.481 e. The number of nitrogens with zero attached hydrogens (tertiary/aromatic N) is 1. The van der Waals surface area contributed by atoms with Gasteiger partial charge in [0, 0.05) is 23.7 Å². The third-order valence-electron chi connectivity index (χ3n) is 4.55. The van der Waals surface area contributed by atoms with E-state index in [1.165, 1.54) is 11.3 Å². The zero-order valence-corrected chi connectivity index (χ0v) is 15.8. The Hall–Kier alpha value is -3.31. The van der Waals surface area contributed by atoms with E-state index in [-0.39, 0.29) is 12.2 Å². The number of rotatable bonds is 6. The van der Waals surface area contributed by atoms with Crippen LogP contribution in [0.1, 0.15) is 27.3 Å². The number of fused-ring (bicyclic) bond motifs is 1. The normalized spacial score (nSPS) is 10.9. The first kappa shape index (κ1) is 18.1. The third-order valence-corrected chi connectivity index (χ3v) is 5.66. The minimum atomic E-state index is -0.826. The monoisotopic (exact) mass is 387 g/mol. The van der Waals surface area contributed by atoms with Crippen LogP contribution in [0, 0.1) is 0 Å². The first-order chi connectivity index (χ1) is 13.6. The van der Waals surface area contributed by atoms with Crippen LogP contribution < -0.4 is 0 Å². The Morgan fingerprint density at radius 1 is 0.893 bits per heavy atom. The molecule has 0 saturated carbocycles. The summed E-state index contributed by atoms with van der Waals surface area (Å²) in [5.74, 6) is -0.836. The van der Waals surface area contributed by atoms with Gasteiger partial charge in [0.05, 0.1) is 16.3 Å². The van der Waals surface area contributed by atoms with Crippen molar-refractivity contribution in [1.29, 1.82) is 0 Å². The van der Waals surface area contributed by atoms with Gasteiger partial charge in [-0.2, -0.15) is 0 Å². The number of benzene rings is 3. The summed E-state index contributed by atoms with van der Waals surface area (Å²) in [6.07, 6.45) is 2.26. The predicted octanol–water partition coefficient (Wildman–Crippen LogP) is 5.21. The van der Waals surface area contributed by atoms with E-state index < -0.39 is 5.97 Å². The van der Waals surface area contributed by atoms with E-state index >= 15 is 0 Å². The van der Waals surface area contributed by atoms with Crippen molar-refractivity contribution in [2.24, 2.45) is 0 Å². The number of carboxylic acid groups (broad SMARTS) is 1. The van der Waals surface area contributed by atoms with Gasteiger partial charge in [0.2, 0.25) is 0 Å². The van der Waals surface area contributed by atoms with Gasteiger partial charge in [0.15, 0.2) is 5.78 Å². The van der Waals surface area contributed by atoms with Crippen molar-refractivity contribution in [3.63, 3.8) is 0 Å². The maximum absolute atomic E-state index is 12.8. The van der Waals surface area contributed by atoms with Gasteiger partial charge in [-0.3, -0.25) is 9.59 Å². The van der Waals surface area contributed by atoms with Gasteiger partial charge in [-0.15, -0.1) is 11.3 Å². The van der Waals surface area contributed by atoms with Crippen LogP contribution in [-0.2, 0) is 11.2 Å². The summed E-state index contributed by atoms with van der Waals surface area (Å²) in [7, 11) is 0. The van der Waals surface area contributed by atoms with E-state index in [4.69, 9.17) is 5.11 Å². The van der Waals surface area contributed by atoms with Crippen LogP contribution >= 0.6 is 11.3 Å². The number of aromatic nitrogens is 1. The molecule has 3 aromatic carbocycles. The van der Waals surface area contributed by atoms with Crippen LogP contribution in [0.15, 0.2) is 72.9 Å². The van der Waals surface area contributed by atoms with Gasteiger partial charge >= 0.3 is 5.97 Å². The first-order valence-electron chi connectivity index (χ1n) is 8.90. The highest BCUT2D eigenvalue weighted by Crippen LogP contribution is 2.27. The molecule has 1 heterocycles. The molecular formula is C23H17NO3S. The van der Waals surface area contributed by atoms with E-state index in [1.54, 1.807) is 6.20 Å². The number of thiazole rings is 1. The van der Waals surface area contributed by atoms with E-state index in [2.05, 4.69) is 4.98 Å². The average molecular weight is 387 g/mol. The first-order valence-corrected chi connectivity index (χ1v) is 9.72. The Bertz CT molecular complexity index is 1160. The van der Waals surface area contributed by atoms with E-state index in [9.17, 15) is 9.59 Å². The van der Waals surface area contributed by atoms with Crippen molar-refractivity contribution in [2.75, 3.05) is 0 Å². The number of carboxylic acids is 1. The Kier molecular flexibility index (Phi) is 5.00. The molecule has 0 aliphatic carbocycles. The molecule has 0 unspecified atom stereocenters. The second-order valence-electron chi connectivity index (χ2n) is 6.48. The molecule has 0 aliphatic heterocycles. The van der Waals surface area contributed by atoms with Crippen LogP contribution in [0.3, 0.4) is 0 Å². The predicted molar refractivity (Wildman–Crippen MR) is 111 cm³/mol. The highest BCUT2D eigenvalue weighted by atomic mass is 32.1. The van der Waals surface area contributed by atoms with Gasteiger partial charge in [0.1, 0.15) is 0 Å². The summed E-state index contributed by atoms with van der Waals surface area (Å²) in [6.45, 7) is 0. The molecule has 4 aromatic rings. The Balaban J connectivity index is 1.53. The Labute approximate surface area is 166 Å². The molecule has 0 radical (unpaired) electrons. The lowest BCUT2D eigenvalue weighted by Gasteiger charge is -2.05. The number of hydrogen-bond acceptors (Lipinski definition) is 4. The quantitative estimate of drug-likeness (QED) is 0.461. The number of hydrogen-bond donors (Lipinski definition) is 1. The Morgan fingerprint density at radius 3 is 2.36 bits per heavy atom. The van der Waals surface area contributed by atoms with Crippen molar-refractivity contribution in [1.82, 2.24) is 4.98 Å². The highest BCUT2D eigenvalue weighted by molar-refractivity contribution is 7.15. The minimum Gasteiger partial charge on any atom is -0.481 e. The Morgan fingerprint density at radius 2 is 1.61 bits per heavy atom. The van der Waals surface area contributed by atoms with Crippen LogP contribution in [-0.4, -0.2) is 21.8 Å². The van der Waals surface area contributed by atoms with E-state index in [0.29, 0.717) is 17.5 Å². The molecule has 0 amide bonds. The van der Waals surface area contributed by atoms with Crippen molar-refractivity contribution >= 4 is 33.9 Å². The van der Waals surface area contributed by atoms with E-state index in [1.807, 2.05) is 66.7 Å². The maximum atomic E-state index is 12.8. The van der Waals surface area contributed by atoms with Crippen LogP contribution in [0.2, 0.25) is 0 Å². The molecule has 0 atom stereocenters. The number of ketones is 1. The standard InChI is InChI=1S/C23H17NO3S/c25-22(26)12-11-21-24-14-20(28-21)16-6-8-17(9-7-16)23(27)19-10-5-15-3-1-2-4-18(15)13-19/h1-10,13-14H,11-12H2,(H,25,26). The second-order valence-corrected chi connectivity index (χ2v) is 7.60. The lowest BCUT2D eigenvalue weighted by Crippen LogP contribution is -2.00. The minimum absolute atomic E-state index is 0.0104. The van der Waals surface area contributed by atoms with Crippen molar-refractivity contribution in [3.8, 4) is 10.4 Å². The topological polar surface area (TPSA) is 67.3 Å². The molecule has 5 heteroatoms. The fourth-order valence-electron chi connectivity index (χ4n) is 3.06. The maximum Gasteiger partial charge on any atom is 0.303 e.